The van der Waals surface area contributed by atoms with Gasteiger partial charge in [-0.25, -0.2) is 4.39 Å². The van der Waals surface area contributed by atoms with Gasteiger partial charge < -0.3 is 24.7 Å². The van der Waals surface area contributed by atoms with Crippen LogP contribution in [0.15, 0.2) is 42.6 Å². The Kier molecular flexibility index (Phi) is 9.04. The topological polar surface area (TPSA) is 69.7 Å². The molecule has 1 saturated heterocycles. The first kappa shape index (κ1) is 26.8. The molecule has 2 aromatic carbocycles. The van der Waals surface area contributed by atoms with Crippen LogP contribution in [-0.4, -0.2) is 48.8 Å². The Morgan fingerprint density at radius 3 is 2.60 bits per heavy atom. The Balaban J connectivity index is 0.00000342. The number of carbonyl (C=O) groups is 1. The molecule has 1 amide bonds. The summed E-state index contributed by atoms with van der Waals surface area (Å²) in [6, 6.07) is 9.72. The highest BCUT2D eigenvalue weighted by molar-refractivity contribution is 6.08. The summed E-state index contributed by atoms with van der Waals surface area (Å²) in [5.41, 5.74) is 8.06. The van der Waals surface area contributed by atoms with Crippen LogP contribution in [0.3, 0.4) is 0 Å². The Labute approximate surface area is 208 Å². The third-order valence-corrected chi connectivity index (χ3v) is 6.36. The highest BCUT2D eigenvalue weighted by Crippen LogP contribution is 2.34. The molecule has 0 radical (unpaired) electrons. The predicted octanol–water partition coefficient (Wildman–Crippen LogP) is 4.93. The number of nitrogens with zero attached hydrogens (tertiary/aromatic N) is 2. The molecule has 0 bridgehead atoms. The van der Waals surface area contributed by atoms with Gasteiger partial charge in [0, 0.05) is 44.9 Å². The van der Waals surface area contributed by atoms with Crippen molar-refractivity contribution in [2.45, 2.75) is 38.5 Å². The molecular formula is C25H29ClF3N3O3. The van der Waals surface area contributed by atoms with E-state index >= 15 is 0 Å². The van der Waals surface area contributed by atoms with Crippen LogP contribution in [0.2, 0.25) is 0 Å². The zero-order chi connectivity index (χ0) is 24.2. The second-order valence-corrected chi connectivity index (χ2v) is 8.39. The van der Waals surface area contributed by atoms with Gasteiger partial charge in [-0.05, 0) is 42.0 Å². The molecule has 1 aliphatic heterocycles. The SMILES string of the molecule is COCCn1cc(C(=O)N2CCC(c3cc(CN)ccc3F)CC2)c2cccc(OC(F)F)c21.Cl. The lowest BCUT2D eigenvalue weighted by Crippen LogP contribution is -2.38. The molecule has 0 unspecified atom stereocenters. The second kappa shape index (κ2) is 11.8. The number of amides is 1. The summed E-state index contributed by atoms with van der Waals surface area (Å²) in [7, 11) is 1.55. The van der Waals surface area contributed by atoms with Gasteiger partial charge in [-0.3, -0.25) is 4.79 Å². The summed E-state index contributed by atoms with van der Waals surface area (Å²) in [4.78, 5) is 15.2. The van der Waals surface area contributed by atoms with Crippen LogP contribution in [0.5, 0.6) is 5.75 Å². The number of alkyl halides is 2. The molecule has 0 spiro atoms. The molecule has 2 N–H and O–H groups in total. The number of likely N-dealkylation sites (tertiary alicyclic amines) is 1. The number of ether oxygens (including phenoxy) is 2. The standard InChI is InChI=1S/C25H28F3N3O3.ClH/c1-33-12-11-31-15-20(18-3-2-4-22(23(18)31)34-25(27)28)24(32)30-9-7-17(8-10-30)19-13-16(14-29)5-6-21(19)26;/h2-6,13,15,17,25H,7-12,14,29H2,1H3;1H. The predicted molar refractivity (Wildman–Crippen MR) is 130 cm³/mol. The van der Waals surface area contributed by atoms with Crippen LogP contribution in [0.4, 0.5) is 13.2 Å². The van der Waals surface area contributed by atoms with Gasteiger partial charge in [-0.2, -0.15) is 8.78 Å². The highest BCUT2D eigenvalue weighted by atomic mass is 35.5. The van der Waals surface area contributed by atoms with E-state index in [0.29, 0.717) is 67.7 Å². The Hall–Kier alpha value is -2.75. The number of para-hydroxylation sites is 1. The fourth-order valence-electron chi connectivity index (χ4n) is 4.65. The largest absolute Gasteiger partial charge is 0.433 e. The van der Waals surface area contributed by atoms with Gasteiger partial charge >= 0.3 is 6.61 Å². The van der Waals surface area contributed by atoms with Gasteiger partial charge in [0.2, 0.25) is 0 Å². The first-order valence-electron chi connectivity index (χ1n) is 11.3. The minimum absolute atomic E-state index is 0. The quantitative estimate of drug-likeness (QED) is 0.465. The number of rotatable bonds is 8. The summed E-state index contributed by atoms with van der Waals surface area (Å²) in [6.45, 7) is -0.980. The van der Waals surface area contributed by atoms with Crippen molar-refractivity contribution in [2.75, 3.05) is 26.8 Å². The monoisotopic (exact) mass is 511 g/mol. The van der Waals surface area contributed by atoms with Crippen molar-refractivity contribution in [1.82, 2.24) is 9.47 Å². The van der Waals surface area contributed by atoms with Gasteiger partial charge in [-0.15, -0.1) is 12.4 Å². The van der Waals surface area contributed by atoms with Gasteiger partial charge in [0.15, 0.2) is 0 Å². The summed E-state index contributed by atoms with van der Waals surface area (Å²) < 4.78 is 51.9. The van der Waals surface area contributed by atoms with Crippen molar-refractivity contribution in [3.63, 3.8) is 0 Å². The Bertz CT molecular complexity index is 1160. The average molecular weight is 512 g/mol. The molecule has 1 aromatic heterocycles. The maximum atomic E-state index is 14.4. The first-order valence-corrected chi connectivity index (χ1v) is 11.3. The Morgan fingerprint density at radius 2 is 1.94 bits per heavy atom. The van der Waals surface area contributed by atoms with Crippen molar-refractivity contribution >= 4 is 29.2 Å². The van der Waals surface area contributed by atoms with Crippen molar-refractivity contribution in [3.8, 4) is 5.75 Å². The van der Waals surface area contributed by atoms with E-state index in [9.17, 15) is 18.0 Å². The molecule has 35 heavy (non-hydrogen) atoms. The first-order chi connectivity index (χ1) is 16.4. The molecule has 1 fully saturated rings. The Morgan fingerprint density at radius 1 is 1.20 bits per heavy atom. The average Bonchev–Trinajstić information content (AvgIpc) is 3.22. The number of methoxy groups -OCH3 is 1. The maximum Gasteiger partial charge on any atom is 0.387 e. The summed E-state index contributed by atoms with van der Waals surface area (Å²) in [6.07, 6.45) is 2.91. The zero-order valence-electron chi connectivity index (χ0n) is 19.4. The number of hydrogen-bond donors (Lipinski definition) is 1. The fraction of sp³-hybridized carbons (Fsp3) is 0.400. The van der Waals surface area contributed by atoms with Crippen LogP contribution in [0.25, 0.3) is 10.9 Å². The van der Waals surface area contributed by atoms with Crippen LogP contribution in [0.1, 0.15) is 40.2 Å². The number of benzene rings is 2. The van der Waals surface area contributed by atoms with E-state index in [1.54, 1.807) is 41.0 Å². The van der Waals surface area contributed by atoms with E-state index in [0.717, 1.165) is 5.56 Å². The van der Waals surface area contributed by atoms with Crippen molar-refractivity contribution in [1.29, 1.82) is 0 Å². The number of nitrogens with two attached hydrogens (primary N) is 1. The molecular weight excluding hydrogens is 483 g/mol. The third-order valence-electron chi connectivity index (χ3n) is 6.36. The third kappa shape index (κ3) is 5.74. The second-order valence-electron chi connectivity index (χ2n) is 8.39. The van der Waals surface area contributed by atoms with Crippen LogP contribution in [-0.2, 0) is 17.8 Å². The van der Waals surface area contributed by atoms with Crippen LogP contribution in [0, 0.1) is 5.82 Å². The van der Waals surface area contributed by atoms with E-state index in [4.69, 9.17) is 15.2 Å². The molecule has 2 heterocycles. The summed E-state index contributed by atoms with van der Waals surface area (Å²) in [5.74, 6) is -0.430. The van der Waals surface area contributed by atoms with Crippen molar-refractivity contribution in [2.24, 2.45) is 5.73 Å². The smallest absolute Gasteiger partial charge is 0.387 e. The van der Waals surface area contributed by atoms with E-state index in [1.165, 1.54) is 12.1 Å². The summed E-state index contributed by atoms with van der Waals surface area (Å²) >= 11 is 0. The van der Waals surface area contributed by atoms with Crippen LogP contribution < -0.4 is 10.5 Å². The van der Waals surface area contributed by atoms with Gasteiger partial charge in [0.25, 0.3) is 5.91 Å². The lowest BCUT2D eigenvalue weighted by atomic mass is 9.88. The van der Waals surface area contributed by atoms with E-state index < -0.39 is 6.61 Å². The molecule has 0 atom stereocenters. The number of piperidine rings is 1. The zero-order valence-corrected chi connectivity index (χ0v) is 20.2. The molecule has 190 valence electrons. The number of hydrogen-bond acceptors (Lipinski definition) is 4. The number of halogens is 4. The van der Waals surface area contributed by atoms with E-state index in [-0.39, 0.29) is 35.8 Å². The molecule has 3 aromatic rings. The molecule has 0 aliphatic carbocycles. The molecule has 4 rings (SSSR count). The lowest BCUT2D eigenvalue weighted by molar-refractivity contribution is -0.0490. The molecule has 1 aliphatic rings. The van der Waals surface area contributed by atoms with Gasteiger partial charge in [0.1, 0.15) is 11.6 Å². The minimum Gasteiger partial charge on any atom is -0.433 e. The molecule has 6 nitrogen and oxygen atoms in total. The number of carbonyl (C=O) groups excluding carboxylic acids is 1. The summed E-state index contributed by atoms with van der Waals surface area (Å²) in [5, 5.41) is 0.545. The van der Waals surface area contributed by atoms with Crippen LogP contribution >= 0.6 is 12.4 Å². The highest BCUT2D eigenvalue weighted by Gasteiger charge is 2.28. The minimum atomic E-state index is -2.98. The van der Waals surface area contributed by atoms with Gasteiger partial charge in [0.05, 0.1) is 17.7 Å². The van der Waals surface area contributed by atoms with Crippen molar-refractivity contribution < 1.29 is 27.4 Å². The molecule has 0 saturated carbocycles. The van der Waals surface area contributed by atoms with Gasteiger partial charge in [-0.1, -0.05) is 24.3 Å². The van der Waals surface area contributed by atoms with E-state index in [2.05, 4.69) is 0 Å². The van der Waals surface area contributed by atoms with E-state index in [1.807, 2.05) is 6.07 Å². The maximum absolute atomic E-state index is 14.4. The number of aromatic nitrogens is 1. The normalized spacial score (nSPS) is 14.4. The number of fused-ring (bicyclic) bond motifs is 1. The lowest BCUT2D eigenvalue weighted by Gasteiger charge is -2.32. The fourth-order valence-corrected chi connectivity index (χ4v) is 4.65. The van der Waals surface area contributed by atoms with Crippen molar-refractivity contribution in [3.05, 3.63) is 65.1 Å². The molecule has 10 heteroatoms.